The van der Waals surface area contributed by atoms with Crippen molar-refractivity contribution in [2.75, 3.05) is 6.54 Å². The van der Waals surface area contributed by atoms with Crippen molar-refractivity contribution in [1.82, 2.24) is 4.90 Å². The lowest BCUT2D eigenvalue weighted by atomic mass is 9.64. The summed E-state index contributed by atoms with van der Waals surface area (Å²) in [6.07, 6.45) is 10.4. The maximum absolute atomic E-state index is 4.19. The second kappa shape index (κ2) is 6.42. The fourth-order valence-corrected chi connectivity index (χ4v) is 4.33. The molecule has 0 radical (unpaired) electrons. The monoisotopic (exact) mass is 303 g/mol. The average Bonchev–Trinajstić information content (AvgIpc) is 2.58. The van der Waals surface area contributed by atoms with E-state index in [2.05, 4.69) is 59.1 Å². The van der Waals surface area contributed by atoms with Gasteiger partial charge >= 0.3 is 0 Å². The van der Waals surface area contributed by atoms with Crippen molar-refractivity contribution >= 4 is 0 Å². The summed E-state index contributed by atoms with van der Waals surface area (Å²) < 4.78 is 0. The van der Waals surface area contributed by atoms with Gasteiger partial charge in [-0.1, -0.05) is 52.7 Å². The van der Waals surface area contributed by atoms with E-state index >= 15 is 0 Å². The van der Waals surface area contributed by atoms with Gasteiger partial charge in [-0.15, -0.1) is 6.58 Å². The normalized spacial score (nSPS) is 28.6. The minimum absolute atomic E-state index is 0.320. The third kappa shape index (κ3) is 3.97. The number of hydrogen-bond acceptors (Lipinski definition) is 1. The highest BCUT2D eigenvalue weighted by Crippen LogP contribution is 2.48. The Labute approximate surface area is 138 Å². The Kier molecular flexibility index (Phi) is 5.14. The molecule has 2 unspecified atom stereocenters. The largest absolute Gasteiger partial charge is 0.372 e. The summed E-state index contributed by atoms with van der Waals surface area (Å²) in [5, 5.41) is 0. The first kappa shape index (κ1) is 17.6. The molecule has 0 bridgehead atoms. The zero-order valence-corrected chi connectivity index (χ0v) is 15.8. The van der Waals surface area contributed by atoms with Crippen molar-refractivity contribution in [2.45, 2.75) is 86.1 Å². The highest BCUT2D eigenvalue weighted by molar-refractivity contribution is 5.19. The smallest absolute Gasteiger partial charge is 0.0348 e. The van der Waals surface area contributed by atoms with Gasteiger partial charge in [0.05, 0.1) is 0 Å². The molecule has 0 aliphatic carbocycles. The topological polar surface area (TPSA) is 3.24 Å². The molecular weight excluding hydrogens is 266 g/mol. The molecule has 0 aromatic rings. The van der Waals surface area contributed by atoms with Crippen molar-refractivity contribution in [1.29, 1.82) is 0 Å². The van der Waals surface area contributed by atoms with E-state index < -0.39 is 0 Å². The Balaban J connectivity index is 2.38. The van der Waals surface area contributed by atoms with Crippen LogP contribution in [0.15, 0.2) is 23.9 Å². The molecule has 2 rings (SSSR count). The molecule has 0 aromatic heterocycles. The predicted octanol–water partition coefficient (Wildman–Crippen LogP) is 6.17. The molecule has 22 heavy (non-hydrogen) atoms. The molecule has 1 heteroatoms. The van der Waals surface area contributed by atoms with Crippen LogP contribution in [0.5, 0.6) is 0 Å². The summed E-state index contributed by atoms with van der Waals surface area (Å²) in [4.78, 5) is 2.78. The number of allylic oxidation sites excluding steroid dienone is 3. The summed E-state index contributed by atoms with van der Waals surface area (Å²) >= 11 is 0. The van der Waals surface area contributed by atoms with Crippen molar-refractivity contribution in [3.63, 3.8) is 0 Å². The minimum Gasteiger partial charge on any atom is -0.372 e. The Bertz CT molecular complexity index is 435. The highest BCUT2D eigenvalue weighted by Gasteiger charge is 2.45. The maximum atomic E-state index is 4.19. The average molecular weight is 304 g/mol. The van der Waals surface area contributed by atoms with E-state index in [1.165, 1.54) is 44.2 Å². The molecule has 0 spiro atoms. The Morgan fingerprint density at radius 2 is 1.95 bits per heavy atom. The molecular formula is C21H37N. The molecule has 0 aromatic carbocycles. The third-order valence-electron chi connectivity index (χ3n) is 5.66. The highest BCUT2D eigenvalue weighted by atomic mass is 15.2. The van der Waals surface area contributed by atoms with Crippen LogP contribution in [0.3, 0.4) is 0 Å². The third-order valence-corrected chi connectivity index (χ3v) is 5.66. The Hall–Kier alpha value is -0.720. The van der Waals surface area contributed by atoms with Crippen LogP contribution in [0, 0.1) is 16.7 Å². The second-order valence-corrected chi connectivity index (χ2v) is 9.53. The molecule has 0 saturated carbocycles. The summed E-state index contributed by atoms with van der Waals surface area (Å²) in [5.41, 5.74) is 3.66. The van der Waals surface area contributed by atoms with Crippen LogP contribution in [-0.4, -0.2) is 17.5 Å². The number of hydrogen-bond donors (Lipinski definition) is 0. The first-order chi connectivity index (χ1) is 10.1. The molecule has 1 nitrogen and oxygen atoms in total. The second-order valence-electron chi connectivity index (χ2n) is 9.53. The molecule has 2 atom stereocenters. The van der Waals surface area contributed by atoms with E-state index in [1.807, 2.05) is 0 Å². The van der Waals surface area contributed by atoms with Gasteiger partial charge < -0.3 is 4.90 Å². The van der Waals surface area contributed by atoms with Crippen LogP contribution in [0.4, 0.5) is 0 Å². The maximum Gasteiger partial charge on any atom is 0.0348 e. The van der Waals surface area contributed by atoms with Gasteiger partial charge in [0, 0.05) is 18.3 Å². The van der Waals surface area contributed by atoms with Gasteiger partial charge in [-0.3, -0.25) is 0 Å². The quantitative estimate of drug-likeness (QED) is 0.563. The van der Waals surface area contributed by atoms with Crippen molar-refractivity contribution in [3.8, 4) is 0 Å². The van der Waals surface area contributed by atoms with Gasteiger partial charge in [0.25, 0.3) is 0 Å². The lowest BCUT2D eigenvalue weighted by Gasteiger charge is -2.53. The lowest BCUT2D eigenvalue weighted by molar-refractivity contribution is 0.0308. The number of nitrogens with zero attached hydrogens (tertiary/aromatic N) is 1. The fourth-order valence-electron chi connectivity index (χ4n) is 4.33. The SMILES string of the molecule is C=C(C)CC1C=C2CCCCCN2C(CC(C)(C)C)C1(C)C. The number of rotatable bonds is 3. The van der Waals surface area contributed by atoms with Crippen molar-refractivity contribution in [2.24, 2.45) is 16.7 Å². The first-order valence-electron chi connectivity index (χ1n) is 9.23. The molecule has 2 heterocycles. The van der Waals surface area contributed by atoms with Crippen LogP contribution in [0.2, 0.25) is 0 Å². The molecule has 0 amide bonds. The van der Waals surface area contributed by atoms with Gasteiger partial charge in [0.1, 0.15) is 0 Å². The van der Waals surface area contributed by atoms with E-state index in [9.17, 15) is 0 Å². The van der Waals surface area contributed by atoms with Crippen molar-refractivity contribution < 1.29 is 0 Å². The minimum atomic E-state index is 0.320. The fraction of sp³-hybridized carbons (Fsp3) is 0.810. The molecule has 1 fully saturated rings. The Morgan fingerprint density at radius 3 is 2.55 bits per heavy atom. The summed E-state index contributed by atoms with van der Waals surface area (Å²) in [6, 6.07) is 0.662. The standard InChI is InChI=1S/C21H37N/c1-16(2)13-17-14-18-11-9-8-10-12-22(18)19(21(17,6)7)15-20(3,4)5/h14,17,19H,1,8-13,15H2,2-7H3. The van der Waals surface area contributed by atoms with Crippen LogP contribution in [0.1, 0.15) is 80.1 Å². The van der Waals surface area contributed by atoms with Gasteiger partial charge in [-0.05, 0) is 55.8 Å². The van der Waals surface area contributed by atoms with Gasteiger partial charge in [-0.2, -0.15) is 0 Å². The number of fused-ring (bicyclic) bond motifs is 1. The van der Waals surface area contributed by atoms with Crippen LogP contribution in [-0.2, 0) is 0 Å². The zero-order valence-electron chi connectivity index (χ0n) is 15.8. The Morgan fingerprint density at radius 1 is 1.27 bits per heavy atom. The first-order valence-corrected chi connectivity index (χ1v) is 9.23. The summed E-state index contributed by atoms with van der Waals surface area (Å²) in [6.45, 7) is 19.8. The molecule has 126 valence electrons. The molecule has 0 N–H and O–H groups in total. The van der Waals surface area contributed by atoms with E-state index in [0.717, 1.165) is 6.42 Å². The van der Waals surface area contributed by atoms with Gasteiger partial charge in [0.15, 0.2) is 0 Å². The van der Waals surface area contributed by atoms with E-state index in [4.69, 9.17) is 0 Å². The summed E-state index contributed by atoms with van der Waals surface area (Å²) in [5.74, 6) is 0.640. The van der Waals surface area contributed by atoms with Crippen molar-refractivity contribution in [3.05, 3.63) is 23.9 Å². The van der Waals surface area contributed by atoms with E-state index in [-0.39, 0.29) is 0 Å². The van der Waals surface area contributed by atoms with Crippen LogP contribution >= 0.6 is 0 Å². The molecule has 1 saturated heterocycles. The van der Waals surface area contributed by atoms with Gasteiger partial charge in [-0.25, -0.2) is 0 Å². The zero-order chi connectivity index (χ0) is 16.5. The van der Waals surface area contributed by atoms with E-state index in [1.54, 1.807) is 5.70 Å². The van der Waals surface area contributed by atoms with Gasteiger partial charge in [0.2, 0.25) is 0 Å². The van der Waals surface area contributed by atoms with Crippen LogP contribution < -0.4 is 0 Å². The predicted molar refractivity (Wildman–Crippen MR) is 97.8 cm³/mol. The summed E-state index contributed by atoms with van der Waals surface area (Å²) in [7, 11) is 0. The molecule has 2 aliphatic rings. The molecule has 2 aliphatic heterocycles. The van der Waals surface area contributed by atoms with Crippen LogP contribution in [0.25, 0.3) is 0 Å². The van der Waals surface area contributed by atoms with E-state index in [0.29, 0.717) is 22.8 Å². The lowest BCUT2D eigenvalue weighted by Crippen LogP contribution is -2.52.